The Bertz CT molecular complexity index is 565. The molecule has 0 unspecified atom stereocenters. The number of benzene rings is 1. The molecular formula is C16H18N2O2S. The molecule has 0 atom stereocenters. The molecule has 110 valence electrons. The Labute approximate surface area is 128 Å². The number of carbonyl (C=O) groups excluding carboxylic acids is 2. The van der Waals surface area contributed by atoms with Crippen molar-refractivity contribution in [2.24, 2.45) is 0 Å². The molecule has 0 bridgehead atoms. The van der Waals surface area contributed by atoms with Gasteiger partial charge >= 0.3 is 6.03 Å². The minimum absolute atomic E-state index is 0.0643. The van der Waals surface area contributed by atoms with E-state index in [0.29, 0.717) is 6.54 Å². The Balaban J connectivity index is 1.67. The van der Waals surface area contributed by atoms with Crippen molar-refractivity contribution in [1.29, 1.82) is 0 Å². The molecule has 1 spiro atoms. The van der Waals surface area contributed by atoms with Crippen LogP contribution in [0.4, 0.5) is 4.79 Å². The normalized spacial score (nSPS) is 21.2. The fourth-order valence-electron chi connectivity index (χ4n) is 2.76. The van der Waals surface area contributed by atoms with Crippen molar-refractivity contribution in [3.8, 4) is 0 Å². The Morgan fingerprint density at radius 3 is 2.62 bits per heavy atom. The monoisotopic (exact) mass is 302 g/mol. The summed E-state index contributed by atoms with van der Waals surface area (Å²) in [5, 5.41) is 2.91. The SMILES string of the molecule is O=C1NC2(CCSCC2)C(=O)N1CC=Cc1ccccc1. The molecule has 0 saturated carbocycles. The first-order chi connectivity index (χ1) is 10.2. The third-order valence-electron chi connectivity index (χ3n) is 3.99. The third-order valence-corrected chi connectivity index (χ3v) is 4.98. The molecule has 5 heteroatoms. The van der Waals surface area contributed by atoms with Gasteiger partial charge in [0.2, 0.25) is 0 Å². The Morgan fingerprint density at radius 2 is 1.90 bits per heavy atom. The predicted molar refractivity (Wildman–Crippen MR) is 85.0 cm³/mol. The van der Waals surface area contributed by atoms with Crippen molar-refractivity contribution >= 4 is 29.8 Å². The highest BCUT2D eigenvalue weighted by atomic mass is 32.2. The van der Waals surface area contributed by atoms with Crippen LogP contribution in [0.5, 0.6) is 0 Å². The third kappa shape index (κ3) is 2.83. The second kappa shape index (κ2) is 5.93. The van der Waals surface area contributed by atoms with Gasteiger partial charge in [0.25, 0.3) is 5.91 Å². The van der Waals surface area contributed by atoms with E-state index < -0.39 is 5.54 Å². The summed E-state index contributed by atoms with van der Waals surface area (Å²) in [6, 6.07) is 9.60. The maximum atomic E-state index is 12.5. The molecule has 3 amide bonds. The average Bonchev–Trinajstić information content (AvgIpc) is 2.73. The van der Waals surface area contributed by atoms with Crippen LogP contribution in [0.3, 0.4) is 0 Å². The lowest BCUT2D eigenvalue weighted by molar-refractivity contribution is -0.131. The number of nitrogens with one attached hydrogen (secondary N) is 1. The molecule has 21 heavy (non-hydrogen) atoms. The first-order valence-electron chi connectivity index (χ1n) is 7.15. The zero-order chi connectivity index (χ0) is 14.7. The van der Waals surface area contributed by atoms with E-state index >= 15 is 0 Å². The number of amides is 3. The van der Waals surface area contributed by atoms with E-state index in [0.717, 1.165) is 29.9 Å². The minimum atomic E-state index is -0.636. The molecule has 1 aromatic rings. The van der Waals surface area contributed by atoms with Crippen molar-refractivity contribution in [2.45, 2.75) is 18.4 Å². The van der Waals surface area contributed by atoms with Gasteiger partial charge in [-0.1, -0.05) is 42.5 Å². The van der Waals surface area contributed by atoms with Gasteiger partial charge in [0, 0.05) is 6.54 Å². The summed E-state index contributed by atoms with van der Waals surface area (Å²) >= 11 is 1.84. The summed E-state index contributed by atoms with van der Waals surface area (Å²) in [6.07, 6.45) is 5.27. The van der Waals surface area contributed by atoms with E-state index in [1.165, 1.54) is 4.90 Å². The van der Waals surface area contributed by atoms with E-state index in [4.69, 9.17) is 0 Å². The summed E-state index contributed by atoms with van der Waals surface area (Å²) in [4.78, 5) is 25.9. The quantitative estimate of drug-likeness (QED) is 0.873. The van der Waals surface area contributed by atoms with Crippen LogP contribution in [0.2, 0.25) is 0 Å². The number of rotatable bonds is 3. The molecule has 0 radical (unpaired) electrons. The number of thioether (sulfide) groups is 1. The molecular weight excluding hydrogens is 284 g/mol. The molecule has 4 nitrogen and oxygen atoms in total. The highest BCUT2D eigenvalue weighted by Gasteiger charge is 2.50. The van der Waals surface area contributed by atoms with Crippen LogP contribution in [0.1, 0.15) is 18.4 Å². The Morgan fingerprint density at radius 1 is 1.19 bits per heavy atom. The van der Waals surface area contributed by atoms with E-state index in [1.807, 2.05) is 54.2 Å². The van der Waals surface area contributed by atoms with Crippen molar-refractivity contribution in [3.63, 3.8) is 0 Å². The van der Waals surface area contributed by atoms with Gasteiger partial charge in [-0.25, -0.2) is 4.79 Å². The van der Waals surface area contributed by atoms with Gasteiger partial charge in [0.15, 0.2) is 0 Å². The molecule has 0 aromatic heterocycles. The lowest BCUT2D eigenvalue weighted by atomic mass is 9.92. The van der Waals surface area contributed by atoms with Crippen LogP contribution in [-0.2, 0) is 4.79 Å². The molecule has 2 fully saturated rings. The summed E-state index contributed by atoms with van der Waals surface area (Å²) in [6.45, 7) is 0.328. The highest BCUT2D eigenvalue weighted by Crippen LogP contribution is 2.32. The number of hydrogen-bond acceptors (Lipinski definition) is 3. The number of carbonyl (C=O) groups is 2. The smallest absolute Gasteiger partial charge is 0.323 e. The van der Waals surface area contributed by atoms with Gasteiger partial charge in [-0.15, -0.1) is 0 Å². The standard InChI is InChI=1S/C16H18N2O2S/c19-14-16(8-11-21-12-9-16)17-15(20)18(14)10-4-7-13-5-2-1-3-6-13/h1-7H,8-12H2,(H,17,20). The first-order valence-corrected chi connectivity index (χ1v) is 8.30. The fourth-order valence-corrected chi connectivity index (χ4v) is 3.95. The summed E-state index contributed by atoms with van der Waals surface area (Å²) in [5.74, 6) is 1.80. The second-order valence-corrected chi connectivity index (χ2v) is 6.58. The summed E-state index contributed by atoms with van der Waals surface area (Å²) in [5.41, 5.74) is 0.427. The van der Waals surface area contributed by atoms with Crippen molar-refractivity contribution in [1.82, 2.24) is 10.2 Å². The second-order valence-electron chi connectivity index (χ2n) is 5.35. The molecule has 1 aromatic carbocycles. The number of hydrogen-bond donors (Lipinski definition) is 1. The van der Waals surface area contributed by atoms with Crippen molar-refractivity contribution < 1.29 is 9.59 Å². The van der Waals surface area contributed by atoms with E-state index in [2.05, 4.69) is 5.32 Å². The maximum Gasteiger partial charge on any atom is 0.325 e. The lowest BCUT2D eigenvalue weighted by Crippen LogP contribution is -2.49. The molecule has 2 aliphatic rings. The first kappa shape index (κ1) is 14.2. The van der Waals surface area contributed by atoms with Gasteiger partial charge in [0.05, 0.1) is 0 Å². The fraction of sp³-hybridized carbons (Fsp3) is 0.375. The maximum absolute atomic E-state index is 12.5. The van der Waals surface area contributed by atoms with Crippen molar-refractivity contribution in [2.75, 3.05) is 18.1 Å². The molecule has 1 N–H and O–H groups in total. The largest absolute Gasteiger partial charge is 0.325 e. The van der Waals surface area contributed by atoms with Crippen LogP contribution < -0.4 is 5.32 Å². The van der Waals surface area contributed by atoms with Gasteiger partial charge in [-0.05, 0) is 29.9 Å². The van der Waals surface area contributed by atoms with Crippen LogP contribution >= 0.6 is 11.8 Å². The predicted octanol–water partition coefficient (Wildman–Crippen LogP) is 2.52. The Kier molecular flexibility index (Phi) is 4.01. The van der Waals surface area contributed by atoms with Crippen LogP contribution in [0, 0.1) is 0 Å². The van der Waals surface area contributed by atoms with Crippen LogP contribution in [-0.4, -0.2) is 40.4 Å². The topological polar surface area (TPSA) is 49.4 Å². The van der Waals surface area contributed by atoms with Crippen molar-refractivity contribution in [3.05, 3.63) is 42.0 Å². The van der Waals surface area contributed by atoms with Crippen LogP contribution in [0.25, 0.3) is 6.08 Å². The van der Waals surface area contributed by atoms with Crippen LogP contribution in [0.15, 0.2) is 36.4 Å². The summed E-state index contributed by atoms with van der Waals surface area (Å²) in [7, 11) is 0. The van der Waals surface area contributed by atoms with Gasteiger partial charge in [-0.3, -0.25) is 9.69 Å². The lowest BCUT2D eigenvalue weighted by Gasteiger charge is -2.30. The average molecular weight is 302 g/mol. The Hall–Kier alpha value is -1.75. The van der Waals surface area contributed by atoms with Gasteiger partial charge in [-0.2, -0.15) is 11.8 Å². The molecule has 2 saturated heterocycles. The summed E-state index contributed by atoms with van der Waals surface area (Å²) < 4.78 is 0. The van der Waals surface area contributed by atoms with Gasteiger partial charge in [0.1, 0.15) is 5.54 Å². The van der Waals surface area contributed by atoms with E-state index in [1.54, 1.807) is 0 Å². The highest BCUT2D eigenvalue weighted by molar-refractivity contribution is 7.99. The van der Waals surface area contributed by atoms with E-state index in [9.17, 15) is 9.59 Å². The molecule has 2 heterocycles. The number of urea groups is 1. The number of nitrogens with zero attached hydrogens (tertiary/aromatic N) is 1. The molecule has 3 rings (SSSR count). The minimum Gasteiger partial charge on any atom is -0.323 e. The van der Waals surface area contributed by atoms with E-state index in [-0.39, 0.29) is 11.9 Å². The molecule has 0 aliphatic carbocycles. The molecule has 2 aliphatic heterocycles. The zero-order valence-corrected chi connectivity index (χ0v) is 12.6. The number of imide groups is 1. The van der Waals surface area contributed by atoms with Gasteiger partial charge < -0.3 is 5.32 Å². The zero-order valence-electron chi connectivity index (χ0n) is 11.7.